The highest BCUT2D eigenvalue weighted by Gasteiger charge is 2.31. The van der Waals surface area contributed by atoms with Crippen molar-refractivity contribution in [3.8, 4) is 0 Å². The third-order valence-corrected chi connectivity index (χ3v) is 1.69. The van der Waals surface area contributed by atoms with Gasteiger partial charge in [-0.25, -0.2) is 4.99 Å². The van der Waals surface area contributed by atoms with Crippen LogP contribution in [0.3, 0.4) is 0 Å². The van der Waals surface area contributed by atoms with Gasteiger partial charge in [0.25, 0.3) is 5.91 Å². The van der Waals surface area contributed by atoms with E-state index in [0.29, 0.717) is 0 Å². The molecule has 0 aromatic carbocycles. The second-order valence-electron chi connectivity index (χ2n) is 5.08. The van der Waals surface area contributed by atoms with Gasteiger partial charge in [-0.2, -0.15) is 0 Å². The first-order chi connectivity index (χ1) is 5.19. The lowest BCUT2D eigenvalue weighted by Crippen LogP contribution is -2.27. The Morgan fingerprint density at radius 2 is 1.67 bits per heavy atom. The summed E-state index contributed by atoms with van der Waals surface area (Å²) < 4.78 is 0. The van der Waals surface area contributed by atoms with Crippen LogP contribution in [0.1, 0.15) is 41.0 Å². The predicted molar refractivity (Wildman–Crippen MR) is 52.4 cm³/mol. The average Bonchev–Trinajstić information content (AvgIpc) is 1.80. The van der Waals surface area contributed by atoms with Crippen LogP contribution in [-0.4, -0.2) is 12.6 Å². The molecule has 0 fully saturated rings. The number of hydrogen-bond acceptors (Lipinski definition) is 1. The number of rotatable bonds is 2. The lowest BCUT2D eigenvalue weighted by Gasteiger charge is -2.29. The third-order valence-electron chi connectivity index (χ3n) is 1.69. The molecule has 0 unspecified atom stereocenters. The van der Waals surface area contributed by atoms with E-state index < -0.39 is 0 Å². The van der Waals surface area contributed by atoms with E-state index in [0.717, 1.165) is 6.42 Å². The minimum atomic E-state index is -0.375. The largest absolute Gasteiger partial charge is 0.272 e. The van der Waals surface area contributed by atoms with Gasteiger partial charge in [0.2, 0.25) is 0 Å². The van der Waals surface area contributed by atoms with E-state index in [2.05, 4.69) is 32.5 Å². The monoisotopic (exact) mass is 169 g/mol. The summed E-state index contributed by atoms with van der Waals surface area (Å²) in [5.74, 6) is -0.113. The fourth-order valence-corrected chi connectivity index (χ4v) is 1.62. The van der Waals surface area contributed by atoms with Crippen molar-refractivity contribution < 1.29 is 4.79 Å². The van der Waals surface area contributed by atoms with E-state index in [1.165, 1.54) is 0 Å². The van der Waals surface area contributed by atoms with E-state index >= 15 is 0 Å². The molecule has 2 heteroatoms. The number of nitrogens with zero attached hydrogens (tertiary/aromatic N) is 1. The first-order valence-corrected chi connectivity index (χ1v) is 4.20. The summed E-state index contributed by atoms with van der Waals surface area (Å²) in [5.41, 5.74) is -0.218. The zero-order valence-corrected chi connectivity index (χ0v) is 8.77. The van der Waals surface area contributed by atoms with Crippen molar-refractivity contribution in [1.29, 1.82) is 0 Å². The van der Waals surface area contributed by atoms with Gasteiger partial charge in [-0.1, -0.05) is 34.6 Å². The molecule has 12 heavy (non-hydrogen) atoms. The maximum Gasteiger partial charge on any atom is 0.250 e. The number of carbonyl (C=O) groups excluding carboxylic acids is 1. The van der Waals surface area contributed by atoms with Crippen LogP contribution in [0.4, 0.5) is 0 Å². The molecule has 0 aliphatic rings. The average molecular weight is 169 g/mol. The SMILES string of the molecule is C=NC(=O)C(C)(C)CC(C)(C)C. The molecular formula is C10H19NO. The van der Waals surface area contributed by atoms with Gasteiger partial charge in [0.05, 0.1) is 0 Å². The van der Waals surface area contributed by atoms with Crippen LogP contribution in [0.25, 0.3) is 0 Å². The molecule has 0 aliphatic carbocycles. The summed E-state index contributed by atoms with van der Waals surface area (Å²) in [7, 11) is 0. The van der Waals surface area contributed by atoms with Gasteiger partial charge in [-0.05, 0) is 18.6 Å². The maximum absolute atomic E-state index is 11.3. The fourth-order valence-electron chi connectivity index (χ4n) is 1.62. The molecule has 0 radical (unpaired) electrons. The fraction of sp³-hybridized carbons (Fsp3) is 0.800. The zero-order valence-electron chi connectivity index (χ0n) is 8.77. The van der Waals surface area contributed by atoms with Gasteiger partial charge in [0, 0.05) is 5.41 Å². The van der Waals surface area contributed by atoms with Crippen LogP contribution in [0.5, 0.6) is 0 Å². The molecule has 0 bridgehead atoms. The molecule has 0 spiro atoms. The van der Waals surface area contributed by atoms with E-state index in [4.69, 9.17) is 0 Å². The minimum Gasteiger partial charge on any atom is -0.272 e. The lowest BCUT2D eigenvalue weighted by atomic mass is 9.76. The van der Waals surface area contributed by atoms with Crippen molar-refractivity contribution in [2.24, 2.45) is 15.8 Å². The Bertz CT molecular complexity index is 187. The Kier molecular flexibility index (Phi) is 3.19. The van der Waals surface area contributed by atoms with Crippen LogP contribution in [0.15, 0.2) is 4.99 Å². The Morgan fingerprint density at radius 3 is 1.92 bits per heavy atom. The predicted octanol–water partition coefficient (Wildman–Crippen LogP) is 2.68. The highest BCUT2D eigenvalue weighted by Crippen LogP contribution is 2.33. The van der Waals surface area contributed by atoms with Crippen LogP contribution < -0.4 is 0 Å². The third kappa shape index (κ3) is 3.65. The van der Waals surface area contributed by atoms with Gasteiger partial charge in [-0.15, -0.1) is 0 Å². The van der Waals surface area contributed by atoms with Crippen LogP contribution >= 0.6 is 0 Å². The first-order valence-electron chi connectivity index (χ1n) is 4.20. The summed E-state index contributed by atoms with van der Waals surface area (Å²) in [6.45, 7) is 13.4. The van der Waals surface area contributed by atoms with Gasteiger partial charge < -0.3 is 0 Å². The van der Waals surface area contributed by atoms with Gasteiger partial charge in [-0.3, -0.25) is 4.79 Å². The second-order valence-corrected chi connectivity index (χ2v) is 5.08. The lowest BCUT2D eigenvalue weighted by molar-refractivity contribution is -0.127. The molecule has 0 aliphatic heterocycles. The van der Waals surface area contributed by atoms with Crippen molar-refractivity contribution in [2.75, 3.05) is 0 Å². The summed E-state index contributed by atoms with van der Waals surface area (Å²) in [4.78, 5) is 14.7. The second kappa shape index (κ2) is 3.38. The van der Waals surface area contributed by atoms with Gasteiger partial charge >= 0.3 is 0 Å². The topological polar surface area (TPSA) is 29.4 Å². The molecule has 2 nitrogen and oxygen atoms in total. The molecule has 0 heterocycles. The standard InChI is InChI=1S/C10H19NO/c1-9(2,3)7-10(4,5)8(12)11-6/h6-7H2,1-5H3. The van der Waals surface area contributed by atoms with Crippen LogP contribution in [0, 0.1) is 10.8 Å². The Labute approximate surface area is 75.1 Å². The van der Waals surface area contributed by atoms with E-state index in [1.807, 2.05) is 13.8 Å². The molecular weight excluding hydrogens is 150 g/mol. The molecule has 0 N–H and O–H groups in total. The number of aliphatic imine (C=N–C) groups is 1. The molecule has 1 amide bonds. The number of amides is 1. The summed E-state index contributed by atoms with van der Waals surface area (Å²) in [5, 5.41) is 0. The molecule has 70 valence electrons. The van der Waals surface area contributed by atoms with Crippen LogP contribution in [0.2, 0.25) is 0 Å². The molecule has 0 saturated heterocycles. The smallest absolute Gasteiger partial charge is 0.250 e. The summed E-state index contributed by atoms with van der Waals surface area (Å²) in [6.07, 6.45) is 0.831. The molecule has 0 atom stereocenters. The first kappa shape index (κ1) is 11.3. The summed E-state index contributed by atoms with van der Waals surface area (Å²) >= 11 is 0. The van der Waals surface area contributed by atoms with E-state index in [-0.39, 0.29) is 16.7 Å². The highest BCUT2D eigenvalue weighted by atomic mass is 16.1. The van der Waals surface area contributed by atoms with E-state index in [1.54, 1.807) is 0 Å². The Balaban J connectivity index is 4.42. The normalized spacial score (nSPS) is 12.8. The van der Waals surface area contributed by atoms with Crippen molar-refractivity contribution >= 4 is 12.6 Å². The summed E-state index contributed by atoms with van der Waals surface area (Å²) in [6, 6.07) is 0. The van der Waals surface area contributed by atoms with E-state index in [9.17, 15) is 4.79 Å². The zero-order chi connectivity index (χ0) is 9.99. The Morgan fingerprint density at radius 1 is 1.25 bits per heavy atom. The Hall–Kier alpha value is -0.660. The van der Waals surface area contributed by atoms with Gasteiger partial charge in [0.15, 0.2) is 0 Å². The van der Waals surface area contributed by atoms with Crippen LogP contribution in [-0.2, 0) is 4.79 Å². The van der Waals surface area contributed by atoms with Crippen molar-refractivity contribution in [1.82, 2.24) is 0 Å². The quantitative estimate of drug-likeness (QED) is 0.584. The number of hydrogen-bond donors (Lipinski definition) is 0. The van der Waals surface area contributed by atoms with Crippen molar-refractivity contribution in [3.63, 3.8) is 0 Å². The molecule has 0 aromatic rings. The molecule has 0 aromatic heterocycles. The van der Waals surface area contributed by atoms with Crippen molar-refractivity contribution in [3.05, 3.63) is 0 Å². The molecule has 0 saturated carbocycles. The maximum atomic E-state index is 11.3. The molecule has 0 rings (SSSR count). The van der Waals surface area contributed by atoms with Gasteiger partial charge in [0.1, 0.15) is 0 Å². The van der Waals surface area contributed by atoms with Crippen molar-refractivity contribution in [2.45, 2.75) is 41.0 Å². The minimum absolute atomic E-state index is 0.113. The highest BCUT2D eigenvalue weighted by molar-refractivity contribution is 5.85. The number of carbonyl (C=O) groups is 1.